The van der Waals surface area contributed by atoms with Crippen LogP contribution >= 0.6 is 23.2 Å². The maximum Gasteiger partial charge on any atom is 0.243 e. The fourth-order valence-electron chi connectivity index (χ4n) is 2.44. The summed E-state index contributed by atoms with van der Waals surface area (Å²) in [6.07, 6.45) is 1.81. The second-order valence-corrected chi connectivity index (χ2v) is 6.24. The molecule has 3 rings (SSSR count). The number of amides is 1. The van der Waals surface area contributed by atoms with Crippen molar-refractivity contribution in [3.05, 3.63) is 64.3 Å². The number of carbonyl (C=O) groups is 1. The number of fused-ring (bicyclic) bond motifs is 1. The minimum Gasteiger partial charge on any atom is -0.375 e. The molecule has 3 N–H and O–H groups in total. The number of aromatic nitrogens is 1. The van der Waals surface area contributed by atoms with E-state index in [0.717, 1.165) is 22.2 Å². The molecule has 0 unspecified atom stereocenters. The summed E-state index contributed by atoms with van der Waals surface area (Å²) in [5.41, 5.74) is 3.33. The molecule has 0 saturated carbocycles. The molecule has 1 aromatic heterocycles. The highest BCUT2D eigenvalue weighted by Gasteiger charge is 2.10. The lowest BCUT2D eigenvalue weighted by Gasteiger charge is -2.11. The molecular weight excluding hydrogens is 345 g/mol. The molecule has 1 amide bonds. The van der Waals surface area contributed by atoms with Crippen molar-refractivity contribution in [2.24, 2.45) is 0 Å². The van der Waals surface area contributed by atoms with E-state index in [4.69, 9.17) is 23.2 Å². The van der Waals surface area contributed by atoms with Crippen molar-refractivity contribution in [2.45, 2.75) is 6.92 Å². The van der Waals surface area contributed by atoms with Crippen LogP contribution in [0.4, 0.5) is 11.4 Å². The van der Waals surface area contributed by atoms with Gasteiger partial charge in [0.15, 0.2) is 6.20 Å². The van der Waals surface area contributed by atoms with Gasteiger partial charge in [0, 0.05) is 27.9 Å². The number of halogens is 2. The van der Waals surface area contributed by atoms with Crippen molar-refractivity contribution in [1.82, 2.24) is 0 Å². The van der Waals surface area contributed by atoms with Crippen LogP contribution in [0.15, 0.2) is 48.7 Å². The number of hydrogen-bond acceptors (Lipinski definition) is 2. The Labute approximate surface area is 149 Å². The van der Waals surface area contributed by atoms with Gasteiger partial charge in [-0.3, -0.25) is 4.79 Å². The Morgan fingerprint density at radius 3 is 2.79 bits per heavy atom. The third-order valence-corrected chi connectivity index (χ3v) is 4.39. The lowest BCUT2D eigenvalue weighted by molar-refractivity contribution is -0.344. The van der Waals surface area contributed by atoms with Gasteiger partial charge >= 0.3 is 0 Å². The van der Waals surface area contributed by atoms with Crippen molar-refractivity contribution in [1.29, 1.82) is 0 Å². The van der Waals surface area contributed by atoms with Crippen LogP contribution in [0, 0.1) is 6.92 Å². The highest BCUT2D eigenvalue weighted by Crippen LogP contribution is 2.24. The number of benzene rings is 2. The Morgan fingerprint density at radius 1 is 1.12 bits per heavy atom. The van der Waals surface area contributed by atoms with Gasteiger partial charge in [-0.2, -0.15) is 0 Å². The standard InChI is InChI=1S/C18H15Cl2N3O/c1-11-14(20)3-2-4-15(11)23-18(24)10-22-16-7-8-21-17-9-12(19)5-6-13(16)17/h2-9H,10H2,1H3,(H,21,22)(H,23,24)/p+1. The van der Waals surface area contributed by atoms with Gasteiger partial charge in [-0.15, -0.1) is 0 Å². The van der Waals surface area contributed by atoms with Gasteiger partial charge < -0.3 is 10.6 Å². The first-order valence-electron chi connectivity index (χ1n) is 7.43. The van der Waals surface area contributed by atoms with Gasteiger partial charge in [-0.25, -0.2) is 4.98 Å². The van der Waals surface area contributed by atoms with Gasteiger partial charge in [-0.1, -0.05) is 29.3 Å². The molecule has 0 radical (unpaired) electrons. The molecule has 1 heterocycles. The predicted molar refractivity (Wildman–Crippen MR) is 98.8 cm³/mol. The highest BCUT2D eigenvalue weighted by molar-refractivity contribution is 6.32. The molecule has 3 aromatic rings. The van der Waals surface area contributed by atoms with Crippen molar-refractivity contribution in [2.75, 3.05) is 17.2 Å². The Morgan fingerprint density at radius 2 is 1.96 bits per heavy atom. The molecule has 6 heteroatoms. The Bertz CT molecular complexity index is 912. The summed E-state index contributed by atoms with van der Waals surface area (Å²) in [6, 6.07) is 12.9. The van der Waals surface area contributed by atoms with E-state index in [-0.39, 0.29) is 12.5 Å². The normalized spacial score (nSPS) is 10.6. The molecule has 0 atom stereocenters. The van der Waals surface area contributed by atoms with Crippen LogP contribution in [0.2, 0.25) is 10.0 Å². The Balaban J connectivity index is 1.72. The minimum absolute atomic E-state index is 0.143. The molecule has 0 bridgehead atoms. The van der Waals surface area contributed by atoms with Gasteiger partial charge in [0.25, 0.3) is 0 Å². The van der Waals surface area contributed by atoms with E-state index in [1.54, 1.807) is 12.3 Å². The van der Waals surface area contributed by atoms with Crippen molar-refractivity contribution < 1.29 is 9.78 Å². The molecule has 0 aliphatic rings. The van der Waals surface area contributed by atoms with E-state index in [2.05, 4.69) is 15.6 Å². The molecule has 0 spiro atoms. The second kappa shape index (κ2) is 7.07. The maximum absolute atomic E-state index is 12.2. The first-order valence-corrected chi connectivity index (χ1v) is 8.19. The van der Waals surface area contributed by atoms with E-state index in [1.807, 2.05) is 43.3 Å². The van der Waals surface area contributed by atoms with Crippen LogP contribution in [0.3, 0.4) is 0 Å². The Hall–Kier alpha value is -2.30. The lowest BCUT2D eigenvalue weighted by atomic mass is 10.2. The zero-order chi connectivity index (χ0) is 17.1. The van der Waals surface area contributed by atoms with E-state index in [1.165, 1.54) is 0 Å². The minimum atomic E-state index is -0.143. The van der Waals surface area contributed by atoms with Crippen LogP contribution in [-0.2, 0) is 4.79 Å². The summed E-state index contributed by atoms with van der Waals surface area (Å²) in [5, 5.41) is 8.27. The second-order valence-electron chi connectivity index (χ2n) is 5.40. The summed E-state index contributed by atoms with van der Waals surface area (Å²) >= 11 is 12.1. The fourth-order valence-corrected chi connectivity index (χ4v) is 2.79. The molecule has 0 fully saturated rings. The summed E-state index contributed by atoms with van der Waals surface area (Å²) in [5.74, 6) is -0.143. The number of rotatable bonds is 4. The summed E-state index contributed by atoms with van der Waals surface area (Å²) in [4.78, 5) is 15.3. The van der Waals surface area contributed by atoms with Crippen LogP contribution in [0.5, 0.6) is 0 Å². The highest BCUT2D eigenvalue weighted by atomic mass is 35.5. The number of pyridine rings is 1. The van der Waals surface area contributed by atoms with Crippen LogP contribution in [0.1, 0.15) is 5.56 Å². The monoisotopic (exact) mass is 360 g/mol. The molecule has 0 aliphatic carbocycles. The van der Waals surface area contributed by atoms with E-state index < -0.39 is 0 Å². The molecular formula is C18H16Cl2N3O+. The summed E-state index contributed by atoms with van der Waals surface area (Å²) in [7, 11) is 0. The average molecular weight is 361 g/mol. The number of nitrogens with one attached hydrogen (secondary N) is 3. The quantitative estimate of drug-likeness (QED) is 0.727. The van der Waals surface area contributed by atoms with Crippen LogP contribution in [-0.4, -0.2) is 12.5 Å². The van der Waals surface area contributed by atoms with Gasteiger partial charge in [0.05, 0.1) is 17.6 Å². The first kappa shape index (κ1) is 16.6. The number of carbonyl (C=O) groups excluding carboxylic acids is 1. The SMILES string of the molecule is Cc1c(Cl)cccc1NC(=O)CNc1cc[nH+]c2cc(Cl)ccc12. The maximum atomic E-state index is 12.2. The summed E-state index contributed by atoms with van der Waals surface area (Å²) < 4.78 is 0. The largest absolute Gasteiger partial charge is 0.375 e. The number of aromatic amines is 1. The molecule has 0 aliphatic heterocycles. The Kier molecular flexibility index (Phi) is 4.88. The molecule has 2 aromatic carbocycles. The fraction of sp³-hybridized carbons (Fsp3) is 0.111. The van der Waals surface area contributed by atoms with E-state index >= 15 is 0 Å². The number of anilines is 2. The van der Waals surface area contributed by atoms with Gasteiger partial charge in [0.2, 0.25) is 11.4 Å². The summed E-state index contributed by atoms with van der Waals surface area (Å²) in [6.45, 7) is 2.02. The topological polar surface area (TPSA) is 55.3 Å². The van der Waals surface area contributed by atoms with Crippen LogP contribution in [0.25, 0.3) is 10.9 Å². The van der Waals surface area contributed by atoms with Gasteiger partial charge in [-0.05, 0) is 36.8 Å². The third-order valence-electron chi connectivity index (χ3n) is 3.74. The zero-order valence-electron chi connectivity index (χ0n) is 13.0. The van der Waals surface area contributed by atoms with Crippen molar-refractivity contribution in [3.63, 3.8) is 0 Å². The average Bonchev–Trinajstić information content (AvgIpc) is 2.56. The molecule has 24 heavy (non-hydrogen) atoms. The number of H-pyrrole nitrogens is 1. The van der Waals surface area contributed by atoms with Crippen molar-refractivity contribution >= 4 is 51.4 Å². The molecule has 0 saturated heterocycles. The van der Waals surface area contributed by atoms with Crippen molar-refractivity contribution in [3.8, 4) is 0 Å². The number of hydrogen-bond donors (Lipinski definition) is 2. The van der Waals surface area contributed by atoms with E-state index in [0.29, 0.717) is 15.7 Å². The molecule has 4 nitrogen and oxygen atoms in total. The first-order chi connectivity index (χ1) is 11.5. The van der Waals surface area contributed by atoms with E-state index in [9.17, 15) is 4.79 Å². The third kappa shape index (κ3) is 3.61. The lowest BCUT2D eigenvalue weighted by Crippen LogP contribution is -2.22. The predicted octanol–water partition coefficient (Wildman–Crippen LogP) is 4.32. The van der Waals surface area contributed by atoms with Gasteiger partial charge in [0.1, 0.15) is 0 Å². The molecule has 122 valence electrons. The zero-order valence-corrected chi connectivity index (χ0v) is 14.5. The smallest absolute Gasteiger partial charge is 0.243 e. The van der Waals surface area contributed by atoms with Crippen LogP contribution < -0.4 is 15.6 Å².